The van der Waals surface area contributed by atoms with Gasteiger partial charge in [-0.2, -0.15) is 0 Å². The third-order valence-corrected chi connectivity index (χ3v) is 3.22. The van der Waals surface area contributed by atoms with Gasteiger partial charge >= 0.3 is 5.97 Å². The largest absolute Gasteiger partial charge is 0.480 e. The number of carbonyl (C=O) groups excluding carboxylic acids is 1. The summed E-state index contributed by atoms with van der Waals surface area (Å²) in [5.41, 5.74) is 2.15. The second-order valence-electron chi connectivity index (χ2n) is 5.30. The fraction of sp³-hybridized carbons (Fsp3) is 0.235. The van der Waals surface area contributed by atoms with Crippen molar-refractivity contribution >= 4 is 22.8 Å². The Labute approximate surface area is 128 Å². The van der Waals surface area contributed by atoms with Crippen molar-refractivity contribution in [2.24, 2.45) is 0 Å². The maximum absolute atomic E-state index is 12.2. The molecule has 2 aromatic rings. The van der Waals surface area contributed by atoms with E-state index in [-0.39, 0.29) is 6.42 Å². The van der Waals surface area contributed by atoms with Crippen molar-refractivity contribution < 1.29 is 14.7 Å². The first-order valence-electron chi connectivity index (χ1n) is 6.99. The van der Waals surface area contributed by atoms with Gasteiger partial charge in [0.25, 0.3) is 5.91 Å². The van der Waals surface area contributed by atoms with E-state index in [0.29, 0.717) is 5.56 Å². The van der Waals surface area contributed by atoms with Gasteiger partial charge in [0.1, 0.15) is 6.04 Å². The molecule has 114 valence electrons. The fourth-order valence-electron chi connectivity index (χ4n) is 2.01. The third kappa shape index (κ3) is 3.91. The highest BCUT2D eigenvalue weighted by Crippen LogP contribution is 2.13. The lowest BCUT2D eigenvalue weighted by Crippen LogP contribution is -2.40. The number of pyridine rings is 1. The fourth-order valence-corrected chi connectivity index (χ4v) is 2.01. The number of aliphatic carboxylic acids is 1. The lowest BCUT2D eigenvalue weighted by molar-refractivity contribution is -0.139. The molecule has 1 aromatic carbocycles. The van der Waals surface area contributed by atoms with Crippen LogP contribution in [0.25, 0.3) is 10.9 Å². The Morgan fingerprint density at radius 3 is 2.73 bits per heavy atom. The highest BCUT2D eigenvalue weighted by atomic mass is 16.4. The first kappa shape index (κ1) is 15.7. The van der Waals surface area contributed by atoms with Crippen LogP contribution in [0.2, 0.25) is 0 Å². The number of fused-ring (bicyclic) bond motifs is 1. The Hall–Kier alpha value is -2.69. The third-order valence-electron chi connectivity index (χ3n) is 3.22. The van der Waals surface area contributed by atoms with E-state index in [0.717, 1.165) is 16.5 Å². The zero-order valence-corrected chi connectivity index (χ0v) is 12.5. The topological polar surface area (TPSA) is 79.3 Å². The maximum Gasteiger partial charge on any atom is 0.326 e. The van der Waals surface area contributed by atoms with Crippen molar-refractivity contribution in [3.63, 3.8) is 0 Å². The molecule has 0 radical (unpaired) electrons. The summed E-state index contributed by atoms with van der Waals surface area (Å²) in [6.07, 6.45) is 3.50. The SMILES string of the molecule is CC(C)=CC[C@H](NC(=O)c1cnc2ccccc2c1)C(=O)O. The number of hydrogen-bond acceptors (Lipinski definition) is 3. The quantitative estimate of drug-likeness (QED) is 0.832. The van der Waals surface area contributed by atoms with Gasteiger partial charge in [0.05, 0.1) is 11.1 Å². The van der Waals surface area contributed by atoms with Gasteiger partial charge in [-0.05, 0) is 32.4 Å². The zero-order valence-electron chi connectivity index (χ0n) is 12.5. The van der Waals surface area contributed by atoms with Crippen LogP contribution in [-0.4, -0.2) is 28.0 Å². The minimum atomic E-state index is -1.06. The second kappa shape index (κ2) is 6.85. The van der Waals surface area contributed by atoms with Gasteiger partial charge in [0.2, 0.25) is 0 Å². The highest BCUT2D eigenvalue weighted by Gasteiger charge is 2.19. The number of carboxylic acids is 1. The Bertz CT molecular complexity index is 734. The van der Waals surface area contributed by atoms with Crippen LogP contribution in [-0.2, 0) is 4.79 Å². The summed E-state index contributed by atoms with van der Waals surface area (Å²) in [5, 5.41) is 12.6. The normalized spacial score (nSPS) is 11.7. The van der Waals surface area contributed by atoms with Gasteiger partial charge in [-0.25, -0.2) is 4.79 Å². The number of allylic oxidation sites excluding steroid dienone is 1. The molecule has 5 heteroatoms. The van der Waals surface area contributed by atoms with E-state index in [1.54, 1.807) is 12.1 Å². The number of amides is 1. The van der Waals surface area contributed by atoms with Crippen LogP contribution < -0.4 is 5.32 Å². The maximum atomic E-state index is 12.2. The summed E-state index contributed by atoms with van der Waals surface area (Å²) in [6.45, 7) is 3.77. The molecule has 0 saturated carbocycles. The van der Waals surface area contributed by atoms with Crippen molar-refractivity contribution in [1.29, 1.82) is 0 Å². The van der Waals surface area contributed by atoms with Gasteiger partial charge in [0.15, 0.2) is 0 Å². The average Bonchev–Trinajstić information content (AvgIpc) is 2.50. The van der Waals surface area contributed by atoms with Crippen molar-refractivity contribution in [1.82, 2.24) is 10.3 Å². The number of benzene rings is 1. The number of para-hydroxylation sites is 1. The minimum absolute atomic E-state index is 0.254. The van der Waals surface area contributed by atoms with Gasteiger partial charge in [0, 0.05) is 11.6 Å². The van der Waals surface area contributed by atoms with Crippen LogP contribution >= 0.6 is 0 Å². The minimum Gasteiger partial charge on any atom is -0.480 e. The number of hydrogen-bond donors (Lipinski definition) is 2. The predicted octanol–water partition coefficient (Wildman–Crippen LogP) is 2.77. The van der Waals surface area contributed by atoms with Crippen molar-refractivity contribution in [2.45, 2.75) is 26.3 Å². The molecule has 22 heavy (non-hydrogen) atoms. The van der Waals surface area contributed by atoms with E-state index in [4.69, 9.17) is 0 Å². The van der Waals surface area contributed by atoms with Gasteiger partial charge < -0.3 is 10.4 Å². The van der Waals surface area contributed by atoms with Gasteiger partial charge in [-0.15, -0.1) is 0 Å². The molecule has 2 N–H and O–H groups in total. The molecule has 1 heterocycles. The molecule has 0 fully saturated rings. The predicted molar refractivity (Wildman–Crippen MR) is 84.7 cm³/mol. The number of aromatic nitrogens is 1. The van der Waals surface area contributed by atoms with E-state index < -0.39 is 17.9 Å². The van der Waals surface area contributed by atoms with Gasteiger partial charge in [-0.3, -0.25) is 9.78 Å². The van der Waals surface area contributed by atoms with E-state index in [2.05, 4.69) is 10.3 Å². The standard InChI is InChI=1S/C17H18N2O3/c1-11(2)7-8-15(17(21)22)19-16(20)13-9-12-5-3-4-6-14(12)18-10-13/h3-7,9-10,15H,8H2,1-2H3,(H,19,20)(H,21,22)/t15-/m0/s1. The molecule has 1 amide bonds. The molecule has 0 aliphatic rings. The number of carbonyl (C=O) groups is 2. The summed E-state index contributed by atoms with van der Waals surface area (Å²) in [4.78, 5) is 27.7. The van der Waals surface area contributed by atoms with E-state index in [9.17, 15) is 14.7 Å². The zero-order chi connectivity index (χ0) is 16.1. The average molecular weight is 298 g/mol. The lowest BCUT2D eigenvalue weighted by atomic mass is 10.1. The van der Waals surface area contributed by atoms with E-state index in [1.165, 1.54) is 6.20 Å². The van der Waals surface area contributed by atoms with Crippen LogP contribution in [0.4, 0.5) is 0 Å². The summed E-state index contributed by atoms with van der Waals surface area (Å²) < 4.78 is 0. The summed E-state index contributed by atoms with van der Waals surface area (Å²) in [5.74, 6) is -1.49. The second-order valence-corrected chi connectivity index (χ2v) is 5.30. The molecule has 0 bridgehead atoms. The molecule has 5 nitrogen and oxygen atoms in total. The first-order valence-corrected chi connectivity index (χ1v) is 6.99. The van der Waals surface area contributed by atoms with Crippen LogP contribution in [0.3, 0.4) is 0 Å². The molecule has 1 aromatic heterocycles. The number of rotatable bonds is 5. The van der Waals surface area contributed by atoms with Crippen LogP contribution in [0.5, 0.6) is 0 Å². The smallest absolute Gasteiger partial charge is 0.326 e. The van der Waals surface area contributed by atoms with Crippen LogP contribution in [0.15, 0.2) is 48.2 Å². The highest BCUT2D eigenvalue weighted by molar-refractivity contribution is 5.99. The Kier molecular flexibility index (Phi) is 4.88. The van der Waals surface area contributed by atoms with Crippen molar-refractivity contribution in [3.8, 4) is 0 Å². The van der Waals surface area contributed by atoms with E-state index in [1.807, 2.05) is 38.1 Å². The molecule has 2 rings (SSSR count). The van der Waals surface area contributed by atoms with Crippen molar-refractivity contribution in [3.05, 3.63) is 53.7 Å². The monoisotopic (exact) mass is 298 g/mol. The first-order chi connectivity index (χ1) is 10.5. The van der Waals surface area contributed by atoms with Crippen molar-refractivity contribution in [2.75, 3.05) is 0 Å². The number of carboxylic acid groups (broad SMARTS) is 1. The van der Waals surface area contributed by atoms with Gasteiger partial charge in [-0.1, -0.05) is 29.8 Å². The number of nitrogens with one attached hydrogen (secondary N) is 1. The molecule has 0 saturated heterocycles. The molecular weight excluding hydrogens is 280 g/mol. The number of nitrogens with zero attached hydrogens (tertiary/aromatic N) is 1. The Morgan fingerprint density at radius 2 is 2.05 bits per heavy atom. The molecular formula is C17H18N2O3. The Morgan fingerprint density at radius 1 is 1.32 bits per heavy atom. The molecule has 0 aliphatic carbocycles. The summed E-state index contributed by atoms with van der Waals surface area (Å²) >= 11 is 0. The lowest BCUT2D eigenvalue weighted by Gasteiger charge is -2.13. The molecule has 0 aliphatic heterocycles. The Balaban J connectivity index is 2.17. The molecule has 1 atom stereocenters. The summed E-state index contributed by atoms with van der Waals surface area (Å²) in [7, 11) is 0. The van der Waals surface area contributed by atoms with Crippen LogP contribution in [0.1, 0.15) is 30.6 Å². The molecule has 0 unspecified atom stereocenters. The van der Waals surface area contributed by atoms with Crippen LogP contribution in [0, 0.1) is 0 Å². The van der Waals surface area contributed by atoms with E-state index >= 15 is 0 Å². The molecule has 0 spiro atoms. The summed E-state index contributed by atoms with van der Waals surface area (Å²) in [6, 6.07) is 8.20.